The van der Waals surface area contributed by atoms with E-state index in [1.54, 1.807) is 13.8 Å². The number of esters is 1. The van der Waals surface area contributed by atoms with Crippen molar-refractivity contribution in [1.82, 2.24) is 0 Å². The monoisotopic (exact) mass is 182 g/mol. The molecule has 70 valence electrons. The smallest absolute Gasteiger partial charge is 0.341 e. The van der Waals surface area contributed by atoms with E-state index in [0.717, 1.165) is 6.26 Å². The van der Waals surface area contributed by atoms with Crippen molar-refractivity contribution in [3.63, 3.8) is 0 Å². The molecule has 0 fully saturated rings. The maximum Gasteiger partial charge on any atom is 0.341 e. The summed E-state index contributed by atoms with van der Waals surface area (Å²) in [4.78, 5) is 22.1. The van der Waals surface area contributed by atoms with Gasteiger partial charge >= 0.3 is 11.6 Å². The molecule has 0 amide bonds. The highest BCUT2D eigenvalue weighted by molar-refractivity contribution is 5.90. The van der Waals surface area contributed by atoms with Gasteiger partial charge in [0, 0.05) is 5.56 Å². The van der Waals surface area contributed by atoms with Crippen LogP contribution in [-0.4, -0.2) is 13.1 Å². The molecule has 4 nitrogen and oxygen atoms in total. The van der Waals surface area contributed by atoms with Gasteiger partial charge in [0.05, 0.1) is 12.7 Å². The van der Waals surface area contributed by atoms with Gasteiger partial charge in [-0.05, 0) is 19.4 Å². The molecule has 0 spiro atoms. The van der Waals surface area contributed by atoms with Gasteiger partial charge in [0.15, 0.2) is 0 Å². The van der Waals surface area contributed by atoms with Gasteiger partial charge in [0.1, 0.15) is 6.26 Å². The van der Waals surface area contributed by atoms with Crippen molar-refractivity contribution in [3.8, 4) is 0 Å². The lowest BCUT2D eigenvalue weighted by Gasteiger charge is -2.03. The van der Waals surface area contributed by atoms with E-state index in [9.17, 15) is 9.59 Å². The number of carbonyl (C=O) groups excluding carboxylic acids is 1. The Bertz CT molecular complexity index is 389. The summed E-state index contributed by atoms with van der Waals surface area (Å²) in [5.74, 6) is -0.496. The fourth-order valence-corrected chi connectivity index (χ4v) is 0.955. The van der Waals surface area contributed by atoms with Crippen molar-refractivity contribution in [3.05, 3.63) is 33.4 Å². The summed E-state index contributed by atoms with van der Waals surface area (Å²) < 4.78 is 9.15. The molecule has 0 aromatic carbocycles. The van der Waals surface area contributed by atoms with E-state index in [0.29, 0.717) is 16.7 Å². The number of methoxy groups -OCH3 is 1. The Hall–Kier alpha value is -1.58. The Labute approximate surface area is 75.1 Å². The molecule has 13 heavy (non-hydrogen) atoms. The molecule has 0 radical (unpaired) electrons. The van der Waals surface area contributed by atoms with Crippen LogP contribution < -0.4 is 5.63 Å². The van der Waals surface area contributed by atoms with E-state index < -0.39 is 11.6 Å². The van der Waals surface area contributed by atoms with E-state index in [4.69, 9.17) is 0 Å². The number of hydrogen-bond donors (Lipinski definition) is 0. The molecule has 0 aliphatic rings. The highest BCUT2D eigenvalue weighted by Gasteiger charge is 2.13. The van der Waals surface area contributed by atoms with Gasteiger partial charge in [-0.2, -0.15) is 0 Å². The van der Waals surface area contributed by atoms with E-state index in [-0.39, 0.29) is 0 Å². The highest BCUT2D eigenvalue weighted by Crippen LogP contribution is 2.09. The van der Waals surface area contributed by atoms with Gasteiger partial charge in [-0.3, -0.25) is 0 Å². The van der Waals surface area contributed by atoms with Crippen LogP contribution in [0.15, 0.2) is 15.5 Å². The number of rotatable bonds is 1. The molecule has 0 N–H and O–H groups in total. The first-order chi connectivity index (χ1) is 6.07. The minimum Gasteiger partial charge on any atom is -0.465 e. The maximum atomic E-state index is 11.1. The van der Waals surface area contributed by atoms with Gasteiger partial charge in [0.25, 0.3) is 0 Å². The quantitative estimate of drug-likeness (QED) is 0.609. The predicted octanol–water partition coefficient (Wildman–Crippen LogP) is 1.04. The van der Waals surface area contributed by atoms with E-state index >= 15 is 0 Å². The summed E-state index contributed by atoms with van der Waals surface area (Å²) in [5.41, 5.74) is 0.899. The Balaban J connectivity index is 3.34. The minimum absolute atomic E-state index is 0.291. The molecule has 1 aromatic heterocycles. The van der Waals surface area contributed by atoms with Crippen LogP contribution in [0.25, 0.3) is 0 Å². The van der Waals surface area contributed by atoms with Crippen LogP contribution in [-0.2, 0) is 4.74 Å². The molecular formula is C9H10O4. The lowest BCUT2D eigenvalue weighted by molar-refractivity contribution is 0.0596. The Morgan fingerprint density at radius 1 is 1.38 bits per heavy atom. The van der Waals surface area contributed by atoms with Crippen LogP contribution in [0.4, 0.5) is 0 Å². The van der Waals surface area contributed by atoms with E-state index in [1.807, 2.05) is 0 Å². The van der Waals surface area contributed by atoms with E-state index in [1.165, 1.54) is 7.11 Å². The summed E-state index contributed by atoms with van der Waals surface area (Å²) in [6.45, 7) is 3.28. The minimum atomic E-state index is -0.496. The summed E-state index contributed by atoms with van der Waals surface area (Å²) in [7, 11) is 1.28. The van der Waals surface area contributed by atoms with Gasteiger partial charge < -0.3 is 9.15 Å². The van der Waals surface area contributed by atoms with Crippen molar-refractivity contribution >= 4 is 5.97 Å². The fraction of sp³-hybridized carbons (Fsp3) is 0.333. The first-order valence-corrected chi connectivity index (χ1v) is 3.75. The fourth-order valence-electron chi connectivity index (χ4n) is 0.955. The third kappa shape index (κ3) is 1.61. The molecule has 0 aliphatic carbocycles. The first-order valence-electron chi connectivity index (χ1n) is 3.75. The van der Waals surface area contributed by atoms with Crippen LogP contribution >= 0.6 is 0 Å². The second-order valence-corrected chi connectivity index (χ2v) is 2.68. The molecule has 1 heterocycles. The molecule has 1 rings (SSSR count). The zero-order valence-corrected chi connectivity index (χ0v) is 7.71. The van der Waals surface area contributed by atoms with E-state index in [2.05, 4.69) is 9.15 Å². The zero-order chi connectivity index (χ0) is 10.0. The van der Waals surface area contributed by atoms with Crippen LogP contribution in [0.1, 0.15) is 21.5 Å². The third-order valence-electron chi connectivity index (χ3n) is 1.96. The zero-order valence-electron chi connectivity index (χ0n) is 7.71. The second-order valence-electron chi connectivity index (χ2n) is 2.68. The standard InChI is InChI=1S/C9H10O4/c1-5-6(2)8(10)13-4-7(5)9(11)12-3/h4H,1-3H3. The molecule has 4 heteroatoms. The lowest BCUT2D eigenvalue weighted by atomic mass is 10.1. The van der Waals surface area contributed by atoms with Crippen molar-refractivity contribution in [2.24, 2.45) is 0 Å². The number of carbonyl (C=O) groups is 1. The normalized spacial score (nSPS) is 9.77. The lowest BCUT2D eigenvalue weighted by Crippen LogP contribution is -2.11. The molecule has 0 unspecified atom stereocenters. The van der Waals surface area contributed by atoms with Crippen LogP contribution in [0.3, 0.4) is 0 Å². The average Bonchev–Trinajstić information content (AvgIpc) is 2.13. The molecule has 1 aromatic rings. The Morgan fingerprint density at radius 2 is 2.00 bits per heavy atom. The largest absolute Gasteiger partial charge is 0.465 e. The van der Waals surface area contributed by atoms with Crippen molar-refractivity contribution < 1.29 is 13.9 Å². The van der Waals surface area contributed by atoms with Crippen molar-refractivity contribution in [2.75, 3.05) is 7.11 Å². The number of hydrogen-bond acceptors (Lipinski definition) is 4. The summed E-state index contributed by atoms with van der Waals surface area (Å²) in [5, 5.41) is 0. The predicted molar refractivity (Wildman–Crippen MR) is 45.8 cm³/mol. The number of ether oxygens (including phenoxy) is 1. The molecule has 0 atom stereocenters. The van der Waals surface area contributed by atoms with Gasteiger partial charge in [0.2, 0.25) is 0 Å². The van der Waals surface area contributed by atoms with Gasteiger partial charge in [-0.25, -0.2) is 9.59 Å². The SMILES string of the molecule is COC(=O)c1coc(=O)c(C)c1C. The molecule has 0 aliphatic heterocycles. The van der Waals surface area contributed by atoms with Crippen molar-refractivity contribution in [2.45, 2.75) is 13.8 Å². The molecule has 0 bridgehead atoms. The Morgan fingerprint density at radius 3 is 2.54 bits per heavy atom. The average molecular weight is 182 g/mol. The first kappa shape index (κ1) is 9.51. The van der Waals surface area contributed by atoms with Crippen LogP contribution in [0.2, 0.25) is 0 Å². The van der Waals surface area contributed by atoms with Crippen LogP contribution in [0.5, 0.6) is 0 Å². The second kappa shape index (κ2) is 3.43. The van der Waals surface area contributed by atoms with Gasteiger partial charge in [-0.1, -0.05) is 0 Å². The third-order valence-corrected chi connectivity index (χ3v) is 1.96. The topological polar surface area (TPSA) is 56.5 Å². The Kier molecular flexibility index (Phi) is 2.51. The summed E-state index contributed by atoms with van der Waals surface area (Å²) >= 11 is 0. The summed E-state index contributed by atoms with van der Waals surface area (Å²) in [6, 6.07) is 0. The van der Waals surface area contributed by atoms with Crippen molar-refractivity contribution in [1.29, 1.82) is 0 Å². The maximum absolute atomic E-state index is 11.1. The van der Waals surface area contributed by atoms with Gasteiger partial charge in [-0.15, -0.1) is 0 Å². The molecule has 0 saturated carbocycles. The molecule has 0 saturated heterocycles. The highest BCUT2D eigenvalue weighted by atomic mass is 16.5. The van der Waals surface area contributed by atoms with Crippen LogP contribution in [0, 0.1) is 13.8 Å². The molecular weight excluding hydrogens is 172 g/mol. The summed E-state index contributed by atoms with van der Waals surface area (Å²) in [6.07, 6.45) is 1.12.